The highest BCUT2D eigenvalue weighted by Gasteiger charge is 2.05. The van der Waals surface area contributed by atoms with E-state index in [1.54, 1.807) is 7.11 Å². The smallest absolute Gasteiger partial charge is 0.128 e. The largest absolute Gasteiger partial charge is 0.497 e. The Hall–Kier alpha value is -2.23. The van der Waals surface area contributed by atoms with Crippen molar-refractivity contribution >= 4 is 10.9 Å². The predicted molar refractivity (Wildman–Crippen MR) is 70.8 cm³/mol. The number of hydrogen-bond acceptors (Lipinski definition) is 2. The lowest BCUT2D eigenvalue weighted by Crippen LogP contribution is -2.04. The Morgan fingerprint density at radius 2 is 2.11 bits per heavy atom. The van der Waals surface area contributed by atoms with Crippen LogP contribution in [0.15, 0.2) is 42.9 Å². The fraction of sp³-hybridized carbons (Fsp3) is 0.214. The highest BCUT2D eigenvalue weighted by atomic mass is 16.5. The second-order valence-corrected chi connectivity index (χ2v) is 4.32. The van der Waals surface area contributed by atoms with Crippen molar-refractivity contribution in [1.29, 1.82) is 0 Å². The molecule has 0 aliphatic heterocycles. The van der Waals surface area contributed by atoms with Crippen LogP contribution < -0.4 is 4.74 Å². The fourth-order valence-electron chi connectivity index (χ4n) is 2.14. The highest BCUT2D eigenvalue weighted by molar-refractivity contribution is 5.81. The molecule has 0 N–H and O–H groups in total. The first-order chi connectivity index (χ1) is 8.78. The molecule has 18 heavy (non-hydrogen) atoms. The molecule has 0 fully saturated rings. The van der Waals surface area contributed by atoms with Gasteiger partial charge in [0.05, 0.1) is 13.7 Å². The van der Waals surface area contributed by atoms with Gasteiger partial charge in [-0.05, 0) is 24.3 Å². The van der Waals surface area contributed by atoms with E-state index in [1.165, 1.54) is 10.9 Å². The number of benzene rings is 1. The van der Waals surface area contributed by atoms with Crippen molar-refractivity contribution in [3.63, 3.8) is 0 Å². The molecule has 0 radical (unpaired) electrons. The van der Waals surface area contributed by atoms with E-state index in [4.69, 9.17) is 4.74 Å². The Morgan fingerprint density at radius 3 is 2.83 bits per heavy atom. The van der Waals surface area contributed by atoms with Gasteiger partial charge in [-0.15, -0.1) is 0 Å². The Balaban J connectivity index is 2.00. The van der Waals surface area contributed by atoms with E-state index >= 15 is 0 Å². The third kappa shape index (κ3) is 1.76. The molecule has 1 aromatic carbocycles. The lowest BCUT2D eigenvalue weighted by atomic mass is 10.2. The maximum Gasteiger partial charge on any atom is 0.128 e. The van der Waals surface area contributed by atoms with Crippen LogP contribution in [0.2, 0.25) is 0 Å². The van der Waals surface area contributed by atoms with E-state index in [0.29, 0.717) is 0 Å². The summed E-state index contributed by atoms with van der Waals surface area (Å²) in [6.45, 7) is 0.777. The molecule has 4 nitrogen and oxygen atoms in total. The molecular formula is C14H15N3O. The van der Waals surface area contributed by atoms with E-state index in [9.17, 15) is 0 Å². The molecule has 3 aromatic rings. The van der Waals surface area contributed by atoms with Gasteiger partial charge < -0.3 is 13.9 Å². The van der Waals surface area contributed by atoms with Gasteiger partial charge in [-0.3, -0.25) is 0 Å². The van der Waals surface area contributed by atoms with Gasteiger partial charge in [0.15, 0.2) is 0 Å². The molecule has 0 atom stereocenters. The van der Waals surface area contributed by atoms with Crippen molar-refractivity contribution in [1.82, 2.24) is 14.1 Å². The summed E-state index contributed by atoms with van der Waals surface area (Å²) in [6.07, 6.45) is 5.87. The number of ether oxygens (including phenoxy) is 1. The fourth-order valence-corrected chi connectivity index (χ4v) is 2.14. The SMILES string of the molecule is COc1ccc2c(ccn2Cc2nccn2C)c1. The third-order valence-corrected chi connectivity index (χ3v) is 3.21. The normalized spacial score (nSPS) is 11.0. The summed E-state index contributed by atoms with van der Waals surface area (Å²) in [6, 6.07) is 8.21. The molecule has 0 aliphatic rings. The number of imidazole rings is 1. The second-order valence-electron chi connectivity index (χ2n) is 4.32. The summed E-state index contributed by atoms with van der Waals surface area (Å²) in [7, 11) is 3.70. The molecule has 0 bridgehead atoms. The van der Waals surface area contributed by atoms with Crippen LogP contribution in [0.25, 0.3) is 10.9 Å². The Kier molecular flexibility index (Phi) is 2.55. The molecular weight excluding hydrogens is 226 g/mol. The summed E-state index contributed by atoms with van der Waals surface area (Å²) in [5.41, 5.74) is 1.19. The van der Waals surface area contributed by atoms with Gasteiger partial charge >= 0.3 is 0 Å². The van der Waals surface area contributed by atoms with E-state index < -0.39 is 0 Å². The topological polar surface area (TPSA) is 32.0 Å². The molecule has 0 saturated carbocycles. The standard InChI is InChI=1S/C14H15N3O/c1-16-8-6-15-14(16)10-17-7-5-11-9-12(18-2)3-4-13(11)17/h3-9H,10H2,1-2H3. The molecule has 0 aliphatic carbocycles. The first-order valence-electron chi connectivity index (χ1n) is 5.87. The van der Waals surface area contributed by atoms with E-state index in [1.807, 2.05) is 36.1 Å². The van der Waals surface area contributed by atoms with Gasteiger partial charge in [-0.2, -0.15) is 0 Å². The van der Waals surface area contributed by atoms with Crippen LogP contribution in [0.3, 0.4) is 0 Å². The Bertz CT molecular complexity index is 681. The first-order valence-corrected chi connectivity index (χ1v) is 5.87. The van der Waals surface area contributed by atoms with Crippen molar-refractivity contribution in [2.45, 2.75) is 6.54 Å². The number of aryl methyl sites for hydroxylation is 1. The van der Waals surface area contributed by atoms with Crippen molar-refractivity contribution in [3.8, 4) is 5.75 Å². The molecule has 0 amide bonds. The number of fused-ring (bicyclic) bond motifs is 1. The van der Waals surface area contributed by atoms with Crippen molar-refractivity contribution in [2.75, 3.05) is 7.11 Å². The maximum absolute atomic E-state index is 5.23. The first kappa shape index (κ1) is 10.9. The molecule has 2 heterocycles. The van der Waals surface area contributed by atoms with Crippen molar-refractivity contribution in [2.24, 2.45) is 7.05 Å². The number of nitrogens with zero attached hydrogens (tertiary/aromatic N) is 3. The summed E-state index contributed by atoms with van der Waals surface area (Å²) in [5.74, 6) is 1.93. The van der Waals surface area contributed by atoms with Gasteiger partial charge in [0, 0.05) is 36.5 Å². The van der Waals surface area contributed by atoms with E-state index in [2.05, 4.69) is 27.9 Å². The molecule has 0 saturated heterocycles. The van der Waals surface area contributed by atoms with Crippen LogP contribution in [-0.4, -0.2) is 21.2 Å². The quantitative estimate of drug-likeness (QED) is 0.705. The number of rotatable bonds is 3. The molecule has 3 rings (SSSR count). The lowest BCUT2D eigenvalue weighted by molar-refractivity contribution is 0.415. The zero-order valence-corrected chi connectivity index (χ0v) is 10.5. The van der Waals surface area contributed by atoms with Gasteiger partial charge in [0.1, 0.15) is 11.6 Å². The Morgan fingerprint density at radius 1 is 1.22 bits per heavy atom. The zero-order valence-electron chi connectivity index (χ0n) is 10.5. The Labute approximate surface area is 105 Å². The number of aromatic nitrogens is 3. The lowest BCUT2D eigenvalue weighted by Gasteiger charge is -2.06. The second kappa shape index (κ2) is 4.22. The molecule has 4 heteroatoms. The average molecular weight is 241 g/mol. The molecule has 0 unspecified atom stereocenters. The van der Waals surface area contributed by atoms with E-state index in [0.717, 1.165) is 18.1 Å². The van der Waals surface area contributed by atoms with Crippen molar-refractivity contribution in [3.05, 3.63) is 48.7 Å². The minimum Gasteiger partial charge on any atom is -0.497 e. The van der Waals surface area contributed by atoms with Gasteiger partial charge in [0.25, 0.3) is 0 Å². The van der Waals surface area contributed by atoms with Crippen LogP contribution in [-0.2, 0) is 13.6 Å². The van der Waals surface area contributed by atoms with Crippen LogP contribution in [0.5, 0.6) is 5.75 Å². The maximum atomic E-state index is 5.23. The van der Waals surface area contributed by atoms with Crippen LogP contribution in [0.4, 0.5) is 0 Å². The van der Waals surface area contributed by atoms with Gasteiger partial charge in [0.2, 0.25) is 0 Å². The summed E-state index contributed by atoms with van der Waals surface area (Å²) in [4.78, 5) is 4.35. The minimum atomic E-state index is 0.777. The molecule has 92 valence electrons. The van der Waals surface area contributed by atoms with Crippen LogP contribution in [0.1, 0.15) is 5.82 Å². The highest BCUT2D eigenvalue weighted by Crippen LogP contribution is 2.22. The van der Waals surface area contributed by atoms with Crippen LogP contribution in [0, 0.1) is 0 Å². The van der Waals surface area contributed by atoms with Gasteiger partial charge in [-0.1, -0.05) is 0 Å². The van der Waals surface area contributed by atoms with Gasteiger partial charge in [-0.25, -0.2) is 4.98 Å². The predicted octanol–water partition coefficient (Wildman–Crippen LogP) is 2.43. The zero-order chi connectivity index (χ0) is 12.5. The third-order valence-electron chi connectivity index (χ3n) is 3.21. The van der Waals surface area contributed by atoms with Crippen LogP contribution >= 0.6 is 0 Å². The number of methoxy groups -OCH3 is 1. The number of hydrogen-bond donors (Lipinski definition) is 0. The average Bonchev–Trinajstić information content (AvgIpc) is 2.97. The summed E-state index contributed by atoms with van der Waals surface area (Å²) < 4.78 is 9.46. The molecule has 0 spiro atoms. The summed E-state index contributed by atoms with van der Waals surface area (Å²) >= 11 is 0. The van der Waals surface area contributed by atoms with E-state index in [-0.39, 0.29) is 0 Å². The van der Waals surface area contributed by atoms with Crippen molar-refractivity contribution < 1.29 is 4.74 Å². The minimum absolute atomic E-state index is 0.777. The molecule has 2 aromatic heterocycles. The monoisotopic (exact) mass is 241 g/mol. The summed E-state index contributed by atoms with van der Waals surface area (Å²) in [5, 5.41) is 1.18.